The molecule has 36 heavy (non-hydrogen) atoms. The molecular formula is C27H34F3N3O3. The summed E-state index contributed by atoms with van der Waals surface area (Å²) in [5.74, 6) is 1.02. The quantitative estimate of drug-likeness (QED) is 0.581. The van der Waals surface area contributed by atoms with Gasteiger partial charge in [0.15, 0.2) is 5.75 Å². The van der Waals surface area contributed by atoms with Crippen LogP contribution in [0.5, 0.6) is 5.75 Å². The van der Waals surface area contributed by atoms with Gasteiger partial charge in [0.05, 0.1) is 11.9 Å². The van der Waals surface area contributed by atoms with Crippen molar-refractivity contribution in [2.45, 2.75) is 71.2 Å². The molecule has 1 aliphatic heterocycles. The summed E-state index contributed by atoms with van der Waals surface area (Å²) in [5.41, 5.74) is -0.0334. The van der Waals surface area contributed by atoms with Crippen LogP contribution in [0.3, 0.4) is 0 Å². The summed E-state index contributed by atoms with van der Waals surface area (Å²) < 4.78 is 42.3. The second-order valence-electron chi connectivity index (χ2n) is 11.6. The molecule has 1 aromatic heterocycles. The monoisotopic (exact) mass is 505 g/mol. The average Bonchev–Trinajstić information content (AvgIpc) is 3.13. The highest BCUT2D eigenvalue weighted by atomic mass is 19.4. The topological polar surface area (TPSA) is 71.5 Å². The van der Waals surface area contributed by atoms with Gasteiger partial charge in [-0.2, -0.15) is 0 Å². The molecule has 0 radical (unpaired) electrons. The molecule has 4 aliphatic rings. The molecule has 1 aromatic rings. The molecule has 2 heterocycles. The molecule has 0 spiro atoms. The molecule has 9 heteroatoms. The van der Waals surface area contributed by atoms with Crippen molar-refractivity contribution >= 4 is 17.5 Å². The Bertz CT molecular complexity index is 1080. The standard InChI is InChI=1S/C27H34F3N3O3/c1-25-11-8-19-17(5-7-22-26(19,2)12-9-24(35)33(22)3)18(25)6-4-16(25)14-23(34)32-20-10-13-31-15-21(20)36-27(28,29)30/h9-10,12-13,15-19,22H,4-8,11,14H2,1-3H3,(H,31,32,34)/t16-,17?,18?,19?,22?,25-,26-/m1/s1. The zero-order chi connectivity index (χ0) is 25.9. The summed E-state index contributed by atoms with van der Waals surface area (Å²) >= 11 is 0. The first-order valence-electron chi connectivity index (χ1n) is 12.9. The van der Waals surface area contributed by atoms with Gasteiger partial charge in [-0.3, -0.25) is 14.6 Å². The number of carbonyl (C=O) groups excluding carboxylic acids is 2. The molecule has 3 fully saturated rings. The van der Waals surface area contributed by atoms with E-state index in [0.717, 1.165) is 44.7 Å². The predicted molar refractivity (Wildman–Crippen MR) is 128 cm³/mol. The molecule has 4 unspecified atom stereocenters. The van der Waals surface area contributed by atoms with Crippen LogP contribution in [0.1, 0.15) is 58.8 Å². The summed E-state index contributed by atoms with van der Waals surface area (Å²) in [6.07, 6.45) is 7.75. The van der Waals surface area contributed by atoms with E-state index in [1.807, 2.05) is 11.9 Å². The van der Waals surface area contributed by atoms with Crippen LogP contribution in [-0.4, -0.2) is 41.2 Å². The summed E-state index contributed by atoms with van der Waals surface area (Å²) in [6.45, 7) is 4.62. The van der Waals surface area contributed by atoms with Gasteiger partial charge >= 0.3 is 6.36 Å². The Morgan fingerprint density at radius 2 is 1.97 bits per heavy atom. The van der Waals surface area contributed by atoms with E-state index >= 15 is 0 Å². The Morgan fingerprint density at radius 3 is 2.72 bits per heavy atom. The normalized spacial score (nSPS) is 37.7. The van der Waals surface area contributed by atoms with Gasteiger partial charge < -0.3 is 15.0 Å². The van der Waals surface area contributed by atoms with Crippen molar-refractivity contribution in [3.05, 3.63) is 30.6 Å². The smallest absolute Gasteiger partial charge is 0.402 e. The average molecular weight is 506 g/mol. The number of hydrogen-bond acceptors (Lipinski definition) is 4. The fourth-order valence-corrected chi connectivity index (χ4v) is 8.30. The number of pyridine rings is 1. The predicted octanol–water partition coefficient (Wildman–Crippen LogP) is 5.56. The summed E-state index contributed by atoms with van der Waals surface area (Å²) in [5, 5.41) is 2.63. The molecule has 0 saturated heterocycles. The molecule has 0 bridgehead atoms. The van der Waals surface area contributed by atoms with Crippen LogP contribution >= 0.6 is 0 Å². The largest absolute Gasteiger partial charge is 0.573 e. The highest BCUT2D eigenvalue weighted by molar-refractivity contribution is 5.92. The van der Waals surface area contributed by atoms with Gasteiger partial charge in [0.25, 0.3) is 0 Å². The second kappa shape index (κ2) is 8.77. The lowest BCUT2D eigenvalue weighted by Gasteiger charge is -2.60. The van der Waals surface area contributed by atoms with Crippen LogP contribution in [0, 0.1) is 34.5 Å². The van der Waals surface area contributed by atoms with E-state index in [4.69, 9.17) is 0 Å². The van der Waals surface area contributed by atoms with Crippen LogP contribution in [0.25, 0.3) is 0 Å². The number of nitrogens with one attached hydrogen (secondary N) is 1. The van der Waals surface area contributed by atoms with Crippen molar-refractivity contribution in [3.63, 3.8) is 0 Å². The Labute approximate surface area is 209 Å². The number of aromatic nitrogens is 1. The lowest BCUT2D eigenvalue weighted by Crippen LogP contribution is -2.59. The van der Waals surface area contributed by atoms with Gasteiger partial charge in [-0.15, -0.1) is 13.2 Å². The number of fused-ring (bicyclic) bond motifs is 5. The number of nitrogens with zero attached hydrogens (tertiary/aromatic N) is 2. The molecule has 6 nitrogen and oxygen atoms in total. The van der Waals surface area contributed by atoms with Crippen LogP contribution in [0.4, 0.5) is 18.9 Å². The summed E-state index contributed by atoms with van der Waals surface area (Å²) in [6, 6.07) is 1.55. The van der Waals surface area contributed by atoms with Crippen molar-refractivity contribution in [1.82, 2.24) is 9.88 Å². The Balaban J connectivity index is 1.29. The molecular weight excluding hydrogens is 471 g/mol. The minimum Gasteiger partial charge on any atom is -0.402 e. The van der Waals surface area contributed by atoms with Gasteiger partial charge in [-0.1, -0.05) is 19.9 Å². The molecule has 7 atom stereocenters. The first-order chi connectivity index (χ1) is 16.9. The van der Waals surface area contributed by atoms with Gasteiger partial charge in [-0.05, 0) is 79.8 Å². The lowest BCUT2D eigenvalue weighted by atomic mass is 9.47. The zero-order valence-corrected chi connectivity index (χ0v) is 21.0. The van der Waals surface area contributed by atoms with Gasteiger partial charge in [0, 0.05) is 31.1 Å². The van der Waals surface area contributed by atoms with Crippen LogP contribution in [0.2, 0.25) is 0 Å². The maximum Gasteiger partial charge on any atom is 0.573 e. The summed E-state index contributed by atoms with van der Waals surface area (Å²) in [4.78, 5) is 30.9. The van der Waals surface area contributed by atoms with Crippen molar-refractivity contribution < 1.29 is 27.5 Å². The Kier molecular flexibility index (Phi) is 6.11. The number of ether oxygens (including phenoxy) is 1. The maximum absolute atomic E-state index is 13.0. The van der Waals surface area contributed by atoms with E-state index in [9.17, 15) is 22.8 Å². The van der Waals surface area contributed by atoms with Gasteiger partial charge in [-0.25, -0.2) is 0 Å². The first kappa shape index (κ1) is 25.1. The number of rotatable bonds is 4. The molecule has 1 N–H and O–H groups in total. The minimum atomic E-state index is -4.86. The maximum atomic E-state index is 13.0. The fraction of sp³-hybridized carbons (Fsp3) is 0.667. The van der Waals surface area contributed by atoms with Crippen LogP contribution in [-0.2, 0) is 9.59 Å². The number of carbonyl (C=O) groups is 2. The number of alkyl halides is 3. The number of amides is 2. The summed E-state index contributed by atoms with van der Waals surface area (Å²) in [7, 11) is 1.92. The van der Waals surface area contributed by atoms with E-state index in [2.05, 4.69) is 35.0 Å². The van der Waals surface area contributed by atoms with Crippen molar-refractivity contribution in [1.29, 1.82) is 0 Å². The van der Waals surface area contributed by atoms with E-state index < -0.39 is 12.1 Å². The highest BCUT2D eigenvalue weighted by Gasteiger charge is 2.60. The van der Waals surface area contributed by atoms with E-state index in [1.165, 1.54) is 12.3 Å². The number of anilines is 1. The fourth-order valence-electron chi connectivity index (χ4n) is 8.30. The Morgan fingerprint density at radius 1 is 1.19 bits per heavy atom. The zero-order valence-electron chi connectivity index (χ0n) is 21.0. The highest BCUT2D eigenvalue weighted by Crippen LogP contribution is 2.66. The van der Waals surface area contributed by atoms with Crippen molar-refractivity contribution in [2.75, 3.05) is 12.4 Å². The molecule has 5 rings (SSSR count). The minimum absolute atomic E-state index is 0.0192. The lowest BCUT2D eigenvalue weighted by molar-refractivity contribution is -0.274. The molecule has 0 aromatic carbocycles. The van der Waals surface area contributed by atoms with Crippen LogP contribution in [0.15, 0.2) is 30.6 Å². The van der Waals surface area contributed by atoms with Gasteiger partial charge in [0.1, 0.15) is 0 Å². The van der Waals surface area contributed by atoms with Crippen molar-refractivity contribution in [3.8, 4) is 5.75 Å². The Hall–Kier alpha value is -2.58. The number of hydrogen-bond donors (Lipinski definition) is 1. The number of halogens is 3. The molecule has 3 aliphatic carbocycles. The number of likely N-dealkylation sites (N-methyl/N-ethyl adjacent to an activating group) is 1. The van der Waals surface area contributed by atoms with Gasteiger partial charge in [0.2, 0.25) is 11.8 Å². The van der Waals surface area contributed by atoms with E-state index in [0.29, 0.717) is 17.8 Å². The second-order valence-corrected chi connectivity index (χ2v) is 11.6. The third-order valence-corrected chi connectivity index (χ3v) is 10.0. The molecule has 196 valence electrons. The molecule has 3 saturated carbocycles. The van der Waals surface area contributed by atoms with Crippen LogP contribution < -0.4 is 10.1 Å². The molecule has 2 amide bonds. The van der Waals surface area contributed by atoms with E-state index in [1.54, 1.807) is 6.08 Å². The third kappa shape index (κ3) is 4.18. The van der Waals surface area contributed by atoms with E-state index in [-0.39, 0.29) is 46.7 Å². The SMILES string of the molecule is CN1C(=O)C=C[C@]2(C)C3CC[C@@]4(C)C(CC[C@@H]4CC(=O)Nc4ccncc4OC(F)(F)F)C3CCC12. The first-order valence-corrected chi connectivity index (χ1v) is 12.9. The van der Waals surface area contributed by atoms with Crippen molar-refractivity contribution in [2.24, 2.45) is 34.5 Å². The third-order valence-electron chi connectivity index (χ3n) is 10.0.